The minimum Gasteiger partial charge on any atom is -0.489 e. The van der Waals surface area contributed by atoms with E-state index in [1.54, 1.807) is 19.3 Å². The second-order valence-electron chi connectivity index (χ2n) is 8.87. The molecule has 2 amide bonds. The summed E-state index contributed by atoms with van der Waals surface area (Å²) in [5.41, 5.74) is 4.64. The fraction of sp³-hybridized carbons (Fsp3) is 0.269. The Morgan fingerprint density at radius 1 is 1.11 bits per heavy atom. The van der Waals surface area contributed by atoms with Gasteiger partial charge in [-0.05, 0) is 43.8 Å². The Hall–Kier alpha value is -4.11. The minimum atomic E-state index is -0.159. The maximum absolute atomic E-state index is 12.7. The van der Waals surface area contributed by atoms with Gasteiger partial charge in [-0.15, -0.1) is 0 Å². The van der Waals surface area contributed by atoms with Crippen molar-refractivity contribution in [2.24, 2.45) is 0 Å². The summed E-state index contributed by atoms with van der Waals surface area (Å²) in [4.78, 5) is 33.3. The van der Waals surface area contributed by atoms with Gasteiger partial charge in [0.2, 0.25) is 5.91 Å². The number of benzene rings is 2. The molecule has 1 saturated heterocycles. The smallest absolute Gasteiger partial charge is 0.253 e. The van der Waals surface area contributed by atoms with E-state index in [2.05, 4.69) is 20.9 Å². The molecule has 0 radical (unpaired) electrons. The van der Waals surface area contributed by atoms with Crippen LogP contribution in [-0.4, -0.2) is 61.5 Å². The number of rotatable bonds is 5. The summed E-state index contributed by atoms with van der Waals surface area (Å²) in [5, 5.41) is 9.35. The van der Waals surface area contributed by atoms with Crippen molar-refractivity contribution in [1.82, 2.24) is 15.2 Å². The third kappa shape index (κ3) is 4.50. The van der Waals surface area contributed by atoms with Crippen LogP contribution >= 0.6 is 0 Å². The van der Waals surface area contributed by atoms with Crippen LogP contribution in [0.4, 0.5) is 28.6 Å². The van der Waals surface area contributed by atoms with Gasteiger partial charge in [0.25, 0.3) is 5.91 Å². The van der Waals surface area contributed by atoms with E-state index in [1.807, 2.05) is 66.2 Å². The first-order valence-electron chi connectivity index (χ1n) is 11.5. The molecule has 5 rings (SSSR count). The number of hydrogen-bond donors (Lipinski definition) is 3. The monoisotopic (exact) mass is 472 g/mol. The fourth-order valence-electron chi connectivity index (χ4n) is 4.51. The number of amides is 2. The number of anilines is 5. The molecule has 0 spiro atoms. The molecule has 2 aliphatic heterocycles. The number of carbonyl (C=O) groups excluding carboxylic acids is 2. The molecule has 2 aromatic carbocycles. The van der Waals surface area contributed by atoms with Crippen molar-refractivity contribution >= 4 is 40.4 Å². The first-order chi connectivity index (χ1) is 16.9. The van der Waals surface area contributed by atoms with Crippen LogP contribution in [0.25, 0.3) is 0 Å². The highest BCUT2D eigenvalue weighted by molar-refractivity contribution is 6.00. The van der Waals surface area contributed by atoms with Gasteiger partial charge >= 0.3 is 0 Å². The minimum absolute atomic E-state index is 0.0256. The topological polar surface area (TPSA) is 98.8 Å². The lowest BCUT2D eigenvalue weighted by Crippen LogP contribution is -2.59. The first kappa shape index (κ1) is 22.7. The molecule has 3 heterocycles. The number of carbonyl (C=O) groups is 2. The Morgan fingerprint density at radius 3 is 2.77 bits per heavy atom. The Bertz CT molecular complexity index is 1290. The van der Waals surface area contributed by atoms with Crippen LogP contribution in [0, 0.1) is 6.92 Å². The third-order valence-corrected chi connectivity index (χ3v) is 6.26. The van der Waals surface area contributed by atoms with Gasteiger partial charge in [-0.1, -0.05) is 12.1 Å². The van der Waals surface area contributed by atoms with Crippen LogP contribution in [0.15, 0.2) is 54.7 Å². The average molecular weight is 473 g/mol. The molecule has 0 saturated carbocycles. The molecule has 1 fully saturated rings. The average Bonchev–Trinajstić information content (AvgIpc) is 2.85. The van der Waals surface area contributed by atoms with Gasteiger partial charge in [0.05, 0.1) is 29.5 Å². The summed E-state index contributed by atoms with van der Waals surface area (Å²) in [5.74, 6) is 1.24. The van der Waals surface area contributed by atoms with Crippen molar-refractivity contribution in [3.63, 3.8) is 0 Å². The molecule has 9 heteroatoms. The largest absolute Gasteiger partial charge is 0.489 e. The van der Waals surface area contributed by atoms with E-state index in [9.17, 15) is 9.59 Å². The van der Waals surface area contributed by atoms with Crippen LogP contribution in [0.3, 0.4) is 0 Å². The zero-order valence-corrected chi connectivity index (χ0v) is 20.0. The van der Waals surface area contributed by atoms with Crippen LogP contribution in [0.1, 0.15) is 15.9 Å². The number of piperazine rings is 1. The van der Waals surface area contributed by atoms with Gasteiger partial charge in [-0.25, -0.2) is 4.98 Å². The summed E-state index contributed by atoms with van der Waals surface area (Å²) >= 11 is 0. The second-order valence-corrected chi connectivity index (χ2v) is 8.87. The van der Waals surface area contributed by atoms with Gasteiger partial charge in [-0.3, -0.25) is 14.5 Å². The van der Waals surface area contributed by atoms with E-state index >= 15 is 0 Å². The summed E-state index contributed by atoms with van der Waals surface area (Å²) in [6, 6.07) is 15.0. The SMILES string of the molecule is CNC(=O)c1ccccc1Nc1cc(Nc2ccc3c(c2)OCC2CN(C)CC(=O)N32)ncc1C. The second kappa shape index (κ2) is 9.27. The van der Waals surface area contributed by atoms with Crippen molar-refractivity contribution < 1.29 is 14.3 Å². The number of aromatic nitrogens is 1. The molecule has 0 aliphatic carbocycles. The molecule has 0 bridgehead atoms. The number of likely N-dealkylation sites (N-methyl/N-ethyl adjacent to an activating group) is 1. The fourth-order valence-corrected chi connectivity index (χ4v) is 4.51. The van der Waals surface area contributed by atoms with Gasteiger partial charge in [0.15, 0.2) is 0 Å². The van der Waals surface area contributed by atoms with Crippen LogP contribution in [0.2, 0.25) is 0 Å². The summed E-state index contributed by atoms with van der Waals surface area (Å²) in [6.07, 6.45) is 1.77. The van der Waals surface area contributed by atoms with Gasteiger partial charge < -0.3 is 25.6 Å². The molecular weight excluding hydrogens is 444 g/mol. The van der Waals surface area contributed by atoms with Gasteiger partial charge in [0.1, 0.15) is 18.2 Å². The molecule has 2 aliphatic rings. The lowest BCUT2D eigenvalue weighted by molar-refractivity contribution is -0.122. The molecular formula is C26H28N6O3. The predicted molar refractivity (Wildman–Crippen MR) is 136 cm³/mol. The Balaban J connectivity index is 1.37. The highest BCUT2D eigenvalue weighted by atomic mass is 16.5. The Morgan fingerprint density at radius 2 is 1.94 bits per heavy atom. The number of fused-ring (bicyclic) bond motifs is 3. The van der Waals surface area contributed by atoms with Crippen LogP contribution < -0.4 is 25.6 Å². The van der Waals surface area contributed by atoms with Crippen molar-refractivity contribution in [2.45, 2.75) is 13.0 Å². The number of nitrogens with one attached hydrogen (secondary N) is 3. The number of para-hydroxylation sites is 1. The number of hydrogen-bond acceptors (Lipinski definition) is 7. The maximum atomic E-state index is 12.7. The van der Waals surface area contributed by atoms with E-state index < -0.39 is 0 Å². The van der Waals surface area contributed by atoms with E-state index in [4.69, 9.17) is 4.74 Å². The normalized spacial score (nSPS) is 17.2. The number of nitrogens with zero attached hydrogens (tertiary/aromatic N) is 3. The third-order valence-electron chi connectivity index (χ3n) is 6.26. The molecule has 1 atom stereocenters. The van der Waals surface area contributed by atoms with Crippen molar-refractivity contribution in [3.8, 4) is 5.75 Å². The predicted octanol–water partition coefficient (Wildman–Crippen LogP) is 3.28. The molecule has 180 valence electrons. The quantitative estimate of drug-likeness (QED) is 0.524. The summed E-state index contributed by atoms with van der Waals surface area (Å²) in [6.45, 7) is 3.62. The zero-order valence-electron chi connectivity index (χ0n) is 20.0. The Labute approximate surface area is 204 Å². The Kier molecular flexibility index (Phi) is 6.00. The summed E-state index contributed by atoms with van der Waals surface area (Å²) < 4.78 is 6.00. The zero-order chi connectivity index (χ0) is 24.5. The van der Waals surface area contributed by atoms with Gasteiger partial charge in [-0.2, -0.15) is 0 Å². The van der Waals surface area contributed by atoms with E-state index in [-0.39, 0.29) is 17.9 Å². The van der Waals surface area contributed by atoms with Crippen molar-refractivity contribution in [1.29, 1.82) is 0 Å². The van der Waals surface area contributed by atoms with Gasteiger partial charge in [0, 0.05) is 43.3 Å². The number of pyridine rings is 1. The van der Waals surface area contributed by atoms with Crippen LogP contribution in [-0.2, 0) is 4.79 Å². The van der Waals surface area contributed by atoms with Crippen molar-refractivity contribution in [2.75, 3.05) is 49.3 Å². The number of aryl methyl sites for hydroxylation is 1. The molecule has 1 unspecified atom stereocenters. The van der Waals surface area contributed by atoms with E-state index in [0.29, 0.717) is 36.0 Å². The summed E-state index contributed by atoms with van der Waals surface area (Å²) in [7, 11) is 3.56. The highest BCUT2D eigenvalue weighted by Gasteiger charge is 2.37. The first-order valence-corrected chi connectivity index (χ1v) is 11.5. The van der Waals surface area contributed by atoms with Crippen molar-refractivity contribution in [3.05, 3.63) is 65.9 Å². The lowest BCUT2D eigenvalue weighted by Gasteiger charge is -2.43. The van der Waals surface area contributed by atoms with Crippen LogP contribution in [0.5, 0.6) is 5.75 Å². The molecule has 35 heavy (non-hydrogen) atoms. The lowest BCUT2D eigenvalue weighted by atomic mass is 10.1. The number of ether oxygens (including phenoxy) is 1. The molecule has 3 aromatic rings. The maximum Gasteiger partial charge on any atom is 0.253 e. The van der Waals surface area contributed by atoms with E-state index in [1.165, 1.54) is 0 Å². The molecule has 1 aromatic heterocycles. The molecule has 9 nitrogen and oxygen atoms in total. The standard InChI is InChI=1S/C26H28N6O3/c1-16-12-28-24(11-21(16)30-20-7-5-4-6-19(20)26(34)27-2)29-17-8-9-22-23(10-17)35-15-18-13-31(3)14-25(33)32(18)22/h4-12,18H,13-15H2,1-3H3,(H,27,34)(H2,28,29,30). The van der Waals surface area contributed by atoms with E-state index in [0.717, 1.165) is 29.2 Å². The molecule has 3 N–H and O–H groups in total. The highest BCUT2D eigenvalue weighted by Crippen LogP contribution is 2.38.